The number of anilines is 1. The van der Waals surface area contributed by atoms with Crippen LogP contribution in [-0.2, 0) is 16.0 Å². The SMILES string of the molecule is CC(CCCC(=O)C1CCN(CC(=O)O)CC1)c1ccc2c(n1)NCCC2. The van der Waals surface area contributed by atoms with E-state index in [-0.39, 0.29) is 12.5 Å². The first kappa shape index (κ1) is 19.8. The molecule has 1 saturated heterocycles. The van der Waals surface area contributed by atoms with Gasteiger partial charge >= 0.3 is 5.97 Å². The zero-order chi connectivity index (χ0) is 19.2. The highest BCUT2D eigenvalue weighted by Gasteiger charge is 2.25. The van der Waals surface area contributed by atoms with Gasteiger partial charge in [-0.05, 0) is 69.2 Å². The van der Waals surface area contributed by atoms with Crippen LogP contribution in [0.25, 0.3) is 0 Å². The Labute approximate surface area is 161 Å². The third kappa shape index (κ3) is 5.51. The molecule has 0 spiro atoms. The lowest BCUT2D eigenvalue weighted by Gasteiger charge is -2.30. The molecule has 0 bridgehead atoms. The molecule has 3 rings (SSSR count). The zero-order valence-electron chi connectivity index (χ0n) is 16.2. The van der Waals surface area contributed by atoms with E-state index in [1.165, 1.54) is 12.0 Å². The number of carbonyl (C=O) groups excluding carboxylic acids is 1. The standard InChI is InChI=1S/C21H31N3O3/c1-15(18-8-7-17-5-3-11-22-21(17)23-18)4-2-6-19(25)16-9-12-24(13-10-16)14-20(26)27/h7-8,15-16H,2-6,9-14H2,1H3,(H,22,23)(H,26,27). The summed E-state index contributed by atoms with van der Waals surface area (Å²) in [6.45, 7) is 4.70. The molecule has 6 heteroatoms. The molecule has 27 heavy (non-hydrogen) atoms. The first-order chi connectivity index (χ1) is 13.0. The number of aryl methyl sites for hydroxylation is 1. The molecule has 1 aromatic heterocycles. The lowest BCUT2D eigenvalue weighted by Crippen LogP contribution is -2.39. The first-order valence-electron chi connectivity index (χ1n) is 10.2. The van der Waals surface area contributed by atoms with Crippen molar-refractivity contribution in [2.45, 2.75) is 57.8 Å². The normalized spacial score (nSPS) is 19.1. The third-order valence-corrected chi connectivity index (χ3v) is 5.88. The van der Waals surface area contributed by atoms with E-state index in [1.807, 2.05) is 4.90 Å². The van der Waals surface area contributed by atoms with Gasteiger partial charge in [0, 0.05) is 24.6 Å². The number of fused-ring (bicyclic) bond motifs is 1. The van der Waals surface area contributed by atoms with Crippen LogP contribution in [0.4, 0.5) is 5.82 Å². The Bertz CT molecular complexity index is 669. The van der Waals surface area contributed by atoms with Crippen molar-refractivity contribution in [3.8, 4) is 0 Å². The van der Waals surface area contributed by atoms with Crippen LogP contribution < -0.4 is 5.32 Å². The Kier molecular flexibility index (Phi) is 6.83. The number of Topliss-reactive ketones (excluding diaryl/α,β-unsaturated/α-hetero) is 1. The predicted octanol–water partition coefficient (Wildman–Crippen LogP) is 3.08. The van der Waals surface area contributed by atoms with Gasteiger partial charge in [0.1, 0.15) is 11.6 Å². The van der Waals surface area contributed by atoms with Gasteiger partial charge in [-0.3, -0.25) is 14.5 Å². The first-order valence-corrected chi connectivity index (χ1v) is 10.2. The number of aromatic nitrogens is 1. The summed E-state index contributed by atoms with van der Waals surface area (Å²) in [5.74, 6) is 1.05. The number of hydrogen-bond acceptors (Lipinski definition) is 5. The van der Waals surface area contributed by atoms with E-state index in [0.29, 0.717) is 31.2 Å². The van der Waals surface area contributed by atoms with Gasteiger partial charge < -0.3 is 10.4 Å². The highest BCUT2D eigenvalue weighted by molar-refractivity contribution is 5.81. The van der Waals surface area contributed by atoms with E-state index in [0.717, 1.165) is 50.2 Å². The van der Waals surface area contributed by atoms with Crippen molar-refractivity contribution in [2.75, 3.05) is 31.5 Å². The minimum Gasteiger partial charge on any atom is -0.480 e. The minimum absolute atomic E-state index is 0.0844. The Morgan fingerprint density at radius 2 is 2.11 bits per heavy atom. The van der Waals surface area contributed by atoms with Crippen molar-refractivity contribution in [3.05, 3.63) is 23.4 Å². The van der Waals surface area contributed by atoms with Gasteiger partial charge in [-0.15, -0.1) is 0 Å². The van der Waals surface area contributed by atoms with Crippen LogP contribution in [0.3, 0.4) is 0 Å². The van der Waals surface area contributed by atoms with Crippen LogP contribution in [0.15, 0.2) is 12.1 Å². The van der Waals surface area contributed by atoms with Crippen molar-refractivity contribution in [3.63, 3.8) is 0 Å². The fraction of sp³-hybridized carbons (Fsp3) is 0.667. The lowest BCUT2D eigenvalue weighted by molar-refractivity contribution is -0.138. The third-order valence-electron chi connectivity index (χ3n) is 5.88. The molecule has 148 valence electrons. The smallest absolute Gasteiger partial charge is 0.317 e. The number of carbonyl (C=O) groups is 2. The van der Waals surface area contributed by atoms with Crippen molar-refractivity contribution < 1.29 is 14.7 Å². The molecule has 1 fully saturated rings. The topological polar surface area (TPSA) is 82.5 Å². The second kappa shape index (κ2) is 9.31. The molecule has 0 radical (unpaired) electrons. The summed E-state index contributed by atoms with van der Waals surface area (Å²) in [6, 6.07) is 4.33. The molecule has 1 unspecified atom stereocenters. The van der Waals surface area contributed by atoms with E-state index in [9.17, 15) is 9.59 Å². The molecule has 0 saturated carbocycles. The van der Waals surface area contributed by atoms with E-state index < -0.39 is 5.97 Å². The number of pyridine rings is 1. The molecule has 1 atom stereocenters. The monoisotopic (exact) mass is 373 g/mol. The summed E-state index contributed by atoms with van der Waals surface area (Å²) in [5, 5.41) is 12.2. The number of nitrogens with one attached hydrogen (secondary N) is 1. The molecule has 0 amide bonds. The maximum atomic E-state index is 12.5. The maximum Gasteiger partial charge on any atom is 0.317 e. The quantitative estimate of drug-likeness (QED) is 0.729. The van der Waals surface area contributed by atoms with Crippen molar-refractivity contribution in [1.82, 2.24) is 9.88 Å². The number of ketones is 1. The zero-order valence-corrected chi connectivity index (χ0v) is 16.2. The van der Waals surface area contributed by atoms with Gasteiger partial charge in [0.05, 0.1) is 6.54 Å². The molecule has 0 aliphatic carbocycles. The van der Waals surface area contributed by atoms with Gasteiger partial charge in [-0.2, -0.15) is 0 Å². The van der Waals surface area contributed by atoms with Crippen LogP contribution in [0, 0.1) is 5.92 Å². The van der Waals surface area contributed by atoms with Crippen LogP contribution in [-0.4, -0.2) is 52.9 Å². The van der Waals surface area contributed by atoms with Crippen molar-refractivity contribution in [2.24, 2.45) is 5.92 Å². The van der Waals surface area contributed by atoms with Gasteiger partial charge in [0.15, 0.2) is 0 Å². The van der Waals surface area contributed by atoms with E-state index in [4.69, 9.17) is 10.1 Å². The fourth-order valence-corrected chi connectivity index (χ4v) is 4.16. The number of rotatable bonds is 8. The van der Waals surface area contributed by atoms with Crippen molar-refractivity contribution >= 4 is 17.6 Å². The molecule has 0 aromatic carbocycles. The highest BCUT2D eigenvalue weighted by Crippen LogP contribution is 2.27. The number of carboxylic acids is 1. The number of likely N-dealkylation sites (tertiary alicyclic amines) is 1. The summed E-state index contributed by atoms with van der Waals surface area (Å²) in [7, 11) is 0. The molecule has 6 nitrogen and oxygen atoms in total. The summed E-state index contributed by atoms with van der Waals surface area (Å²) in [4.78, 5) is 29.9. The second-order valence-electron chi connectivity index (χ2n) is 7.98. The molecule has 2 aliphatic rings. The maximum absolute atomic E-state index is 12.5. The van der Waals surface area contributed by atoms with Crippen LogP contribution in [0.5, 0.6) is 0 Å². The average molecular weight is 373 g/mol. The highest BCUT2D eigenvalue weighted by atomic mass is 16.4. The van der Waals surface area contributed by atoms with Crippen molar-refractivity contribution in [1.29, 1.82) is 0 Å². The summed E-state index contributed by atoms with van der Waals surface area (Å²) in [6.07, 6.45) is 6.33. The molecule has 1 aromatic rings. The van der Waals surface area contributed by atoms with Crippen LogP contribution in [0.1, 0.15) is 62.6 Å². The number of piperidine rings is 1. The number of hydrogen-bond donors (Lipinski definition) is 2. The minimum atomic E-state index is -0.792. The van der Waals surface area contributed by atoms with E-state index >= 15 is 0 Å². The summed E-state index contributed by atoms with van der Waals surface area (Å²) < 4.78 is 0. The van der Waals surface area contributed by atoms with Gasteiger partial charge in [-0.1, -0.05) is 13.0 Å². The van der Waals surface area contributed by atoms with Crippen LogP contribution in [0.2, 0.25) is 0 Å². The Balaban J connectivity index is 1.40. The number of aliphatic carboxylic acids is 1. The molecular weight excluding hydrogens is 342 g/mol. The second-order valence-corrected chi connectivity index (χ2v) is 7.98. The molecular formula is C21H31N3O3. The molecule has 3 heterocycles. The molecule has 2 N–H and O–H groups in total. The number of carboxylic acid groups (broad SMARTS) is 1. The van der Waals surface area contributed by atoms with E-state index in [1.54, 1.807) is 0 Å². The Hall–Kier alpha value is -1.95. The largest absolute Gasteiger partial charge is 0.480 e. The summed E-state index contributed by atoms with van der Waals surface area (Å²) in [5.41, 5.74) is 2.42. The Morgan fingerprint density at radius 3 is 2.85 bits per heavy atom. The van der Waals surface area contributed by atoms with Gasteiger partial charge in [0.2, 0.25) is 0 Å². The predicted molar refractivity (Wildman–Crippen MR) is 105 cm³/mol. The summed E-state index contributed by atoms with van der Waals surface area (Å²) >= 11 is 0. The van der Waals surface area contributed by atoms with E-state index in [2.05, 4.69) is 24.4 Å². The van der Waals surface area contributed by atoms with Crippen LogP contribution >= 0.6 is 0 Å². The Morgan fingerprint density at radius 1 is 1.33 bits per heavy atom. The molecule has 2 aliphatic heterocycles. The van der Waals surface area contributed by atoms with Gasteiger partial charge in [-0.25, -0.2) is 4.98 Å². The number of nitrogens with zero attached hydrogens (tertiary/aromatic N) is 2. The lowest BCUT2D eigenvalue weighted by atomic mass is 9.89. The average Bonchev–Trinajstić information content (AvgIpc) is 2.67. The fourth-order valence-electron chi connectivity index (χ4n) is 4.16. The van der Waals surface area contributed by atoms with Gasteiger partial charge in [0.25, 0.3) is 0 Å².